The Bertz CT molecular complexity index is 1160. The number of fused-ring (bicyclic) bond motifs is 1. The summed E-state index contributed by atoms with van der Waals surface area (Å²) in [4.78, 5) is 32.6. The van der Waals surface area contributed by atoms with Crippen molar-refractivity contribution in [3.63, 3.8) is 0 Å². The molecule has 2 aromatic heterocycles. The van der Waals surface area contributed by atoms with E-state index in [4.69, 9.17) is 14.2 Å². The first-order valence-corrected chi connectivity index (χ1v) is 11.3. The van der Waals surface area contributed by atoms with Gasteiger partial charge in [-0.15, -0.1) is 0 Å². The van der Waals surface area contributed by atoms with Gasteiger partial charge in [0, 0.05) is 36.8 Å². The number of methoxy groups -OCH3 is 2. The molecule has 0 aliphatic carbocycles. The van der Waals surface area contributed by atoms with E-state index in [2.05, 4.69) is 19.8 Å². The van der Waals surface area contributed by atoms with Crippen LogP contribution in [0.25, 0.3) is 10.9 Å². The second-order valence-electron chi connectivity index (χ2n) is 8.24. The van der Waals surface area contributed by atoms with Gasteiger partial charge in [-0.3, -0.25) is 14.7 Å². The van der Waals surface area contributed by atoms with Crippen LogP contribution < -0.4 is 10.1 Å². The van der Waals surface area contributed by atoms with Crippen LogP contribution in [0.2, 0.25) is 0 Å². The summed E-state index contributed by atoms with van der Waals surface area (Å²) < 4.78 is 18.1. The lowest BCUT2D eigenvalue weighted by Gasteiger charge is -2.28. The van der Waals surface area contributed by atoms with Gasteiger partial charge in [0.2, 0.25) is 0 Å². The van der Waals surface area contributed by atoms with Crippen LogP contribution in [0.1, 0.15) is 21.6 Å². The van der Waals surface area contributed by atoms with Crippen LogP contribution in [-0.2, 0) is 27.4 Å². The Hall–Kier alpha value is -3.43. The molecule has 9 heteroatoms. The average molecular weight is 467 g/mol. The average Bonchev–Trinajstić information content (AvgIpc) is 3.15. The Morgan fingerprint density at radius 3 is 2.56 bits per heavy atom. The number of hydrogen-bond donors (Lipinski definition) is 1. The topological polar surface area (TPSA) is 94.9 Å². The summed E-state index contributed by atoms with van der Waals surface area (Å²) in [5.74, 6) is -0.269. The number of nitrogens with one attached hydrogen (secondary N) is 1. The number of carbonyl (C=O) groups excluding carboxylic acids is 2. The number of esters is 1. The highest BCUT2D eigenvalue weighted by molar-refractivity contribution is 6.10. The molecule has 34 heavy (non-hydrogen) atoms. The Labute approximate surface area is 198 Å². The van der Waals surface area contributed by atoms with E-state index < -0.39 is 12.0 Å². The summed E-state index contributed by atoms with van der Waals surface area (Å²) in [5, 5.41) is 3.56. The van der Waals surface area contributed by atoms with Crippen molar-refractivity contribution >= 4 is 22.8 Å². The van der Waals surface area contributed by atoms with Crippen molar-refractivity contribution < 1.29 is 23.8 Å². The molecule has 0 spiro atoms. The van der Waals surface area contributed by atoms with E-state index in [0.29, 0.717) is 43.0 Å². The van der Waals surface area contributed by atoms with Crippen molar-refractivity contribution in [2.75, 3.05) is 40.5 Å². The van der Waals surface area contributed by atoms with Crippen molar-refractivity contribution in [3.8, 4) is 5.75 Å². The number of ether oxygens (including phenoxy) is 3. The predicted molar refractivity (Wildman–Crippen MR) is 127 cm³/mol. The van der Waals surface area contributed by atoms with Gasteiger partial charge in [-0.05, 0) is 12.5 Å². The molecule has 1 amide bonds. The number of morpholine rings is 1. The quantitative estimate of drug-likeness (QED) is 0.509. The second kappa shape index (κ2) is 10.7. The largest absolute Gasteiger partial charge is 0.493 e. The lowest BCUT2D eigenvalue weighted by molar-refractivity contribution is -0.142. The number of amides is 1. The minimum absolute atomic E-state index is 0.326. The highest BCUT2D eigenvalue weighted by atomic mass is 16.5. The van der Waals surface area contributed by atoms with E-state index in [0.717, 1.165) is 29.9 Å². The summed E-state index contributed by atoms with van der Waals surface area (Å²) in [6, 6.07) is 8.70. The molecule has 0 radical (unpaired) electrons. The normalized spacial score (nSPS) is 15.1. The van der Waals surface area contributed by atoms with Crippen molar-refractivity contribution in [3.05, 3.63) is 59.5 Å². The fourth-order valence-electron chi connectivity index (χ4n) is 4.36. The Morgan fingerprint density at radius 2 is 1.88 bits per heavy atom. The molecular weight excluding hydrogens is 436 g/mol. The second-order valence-corrected chi connectivity index (χ2v) is 8.24. The third-order valence-corrected chi connectivity index (χ3v) is 6.16. The van der Waals surface area contributed by atoms with E-state index in [1.807, 2.05) is 37.3 Å². The number of aromatic nitrogens is 2. The summed E-state index contributed by atoms with van der Waals surface area (Å²) >= 11 is 0. The van der Waals surface area contributed by atoms with E-state index in [1.54, 1.807) is 19.5 Å². The standard InChI is InChI=1S/C25H30N4O5/c1-17-22(24(30)27-20(25(31)33-3)13-18-7-5-4-6-8-18)19-14-26-15-21(32-2)23(19)29(17)16-28-9-11-34-12-10-28/h4-8,14-15,20H,9-13,16H2,1-3H3,(H,27,30)/t20-/m0/s1. The first kappa shape index (κ1) is 23.7. The molecule has 4 rings (SSSR count). The van der Waals surface area contributed by atoms with Crippen LogP contribution in [0.15, 0.2) is 42.7 Å². The van der Waals surface area contributed by atoms with Gasteiger partial charge in [-0.25, -0.2) is 4.79 Å². The number of carbonyl (C=O) groups is 2. The third-order valence-electron chi connectivity index (χ3n) is 6.16. The molecule has 1 atom stereocenters. The number of benzene rings is 1. The zero-order valence-electron chi connectivity index (χ0n) is 19.7. The Balaban J connectivity index is 1.70. The van der Waals surface area contributed by atoms with E-state index in [1.165, 1.54) is 7.11 Å². The van der Waals surface area contributed by atoms with Gasteiger partial charge in [-0.2, -0.15) is 0 Å². The van der Waals surface area contributed by atoms with Gasteiger partial charge < -0.3 is 24.1 Å². The molecule has 1 aliphatic rings. The molecule has 0 bridgehead atoms. The maximum atomic E-state index is 13.6. The maximum Gasteiger partial charge on any atom is 0.328 e. The van der Waals surface area contributed by atoms with Gasteiger partial charge in [-0.1, -0.05) is 30.3 Å². The minimum atomic E-state index is -0.824. The molecule has 1 fully saturated rings. The van der Waals surface area contributed by atoms with Gasteiger partial charge in [0.05, 0.1) is 51.4 Å². The zero-order valence-corrected chi connectivity index (χ0v) is 19.7. The molecule has 1 aromatic carbocycles. The summed E-state index contributed by atoms with van der Waals surface area (Å²) in [6.07, 6.45) is 3.64. The number of hydrogen-bond acceptors (Lipinski definition) is 7. The van der Waals surface area contributed by atoms with Gasteiger partial charge in [0.1, 0.15) is 6.04 Å². The third kappa shape index (κ3) is 4.90. The molecule has 3 aromatic rings. The maximum absolute atomic E-state index is 13.6. The first-order chi connectivity index (χ1) is 16.5. The lowest BCUT2D eigenvalue weighted by atomic mass is 10.0. The molecular formula is C25H30N4O5. The van der Waals surface area contributed by atoms with E-state index in [-0.39, 0.29) is 5.91 Å². The van der Waals surface area contributed by atoms with Crippen LogP contribution in [-0.4, -0.2) is 72.9 Å². The molecule has 9 nitrogen and oxygen atoms in total. The van der Waals surface area contributed by atoms with E-state index in [9.17, 15) is 9.59 Å². The zero-order chi connectivity index (χ0) is 24.1. The van der Waals surface area contributed by atoms with Crippen LogP contribution in [0.4, 0.5) is 0 Å². The van der Waals surface area contributed by atoms with Gasteiger partial charge in [0.25, 0.3) is 5.91 Å². The van der Waals surface area contributed by atoms with Gasteiger partial charge in [0.15, 0.2) is 5.75 Å². The predicted octanol–water partition coefficient (Wildman–Crippen LogP) is 2.16. The van der Waals surface area contributed by atoms with Crippen LogP contribution in [0.3, 0.4) is 0 Å². The summed E-state index contributed by atoms with van der Waals surface area (Å²) in [5.41, 5.74) is 2.96. The van der Waals surface area contributed by atoms with Crippen LogP contribution in [0, 0.1) is 6.92 Å². The van der Waals surface area contributed by atoms with E-state index >= 15 is 0 Å². The summed E-state index contributed by atoms with van der Waals surface area (Å²) in [6.45, 7) is 5.43. The highest BCUT2D eigenvalue weighted by Crippen LogP contribution is 2.32. The molecule has 1 aliphatic heterocycles. The monoisotopic (exact) mass is 466 g/mol. The van der Waals surface area contributed by atoms with Crippen LogP contribution >= 0.6 is 0 Å². The highest BCUT2D eigenvalue weighted by Gasteiger charge is 2.28. The van der Waals surface area contributed by atoms with Crippen molar-refractivity contribution in [1.82, 2.24) is 19.8 Å². The number of nitrogens with zero attached hydrogens (tertiary/aromatic N) is 3. The molecule has 180 valence electrons. The first-order valence-electron chi connectivity index (χ1n) is 11.3. The van der Waals surface area contributed by atoms with Crippen molar-refractivity contribution in [2.45, 2.75) is 26.1 Å². The minimum Gasteiger partial charge on any atom is -0.493 e. The number of rotatable bonds is 8. The van der Waals surface area contributed by atoms with Crippen LogP contribution in [0.5, 0.6) is 5.75 Å². The fourth-order valence-corrected chi connectivity index (χ4v) is 4.36. The summed E-state index contributed by atoms with van der Waals surface area (Å²) in [7, 11) is 2.91. The fraction of sp³-hybridized carbons (Fsp3) is 0.400. The van der Waals surface area contributed by atoms with Crippen molar-refractivity contribution in [1.29, 1.82) is 0 Å². The Morgan fingerprint density at radius 1 is 1.15 bits per heavy atom. The SMILES string of the molecule is COC(=O)[C@H](Cc1ccccc1)NC(=O)c1c(C)n(CN2CCOCC2)c2c(OC)cncc12. The molecule has 1 N–H and O–H groups in total. The number of pyridine rings is 1. The Kier molecular flexibility index (Phi) is 7.44. The molecule has 0 saturated carbocycles. The smallest absolute Gasteiger partial charge is 0.328 e. The van der Waals surface area contributed by atoms with Gasteiger partial charge >= 0.3 is 5.97 Å². The lowest BCUT2D eigenvalue weighted by Crippen LogP contribution is -2.43. The molecule has 3 heterocycles. The molecule has 0 unspecified atom stereocenters. The van der Waals surface area contributed by atoms with Crippen molar-refractivity contribution in [2.24, 2.45) is 0 Å². The molecule has 1 saturated heterocycles.